The fourth-order valence-corrected chi connectivity index (χ4v) is 9.75. The lowest BCUT2D eigenvalue weighted by atomic mass is 10.1. The van der Waals surface area contributed by atoms with Crippen LogP contribution >= 0.6 is 18.3 Å². The first-order valence-corrected chi connectivity index (χ1v) is 24.4. The first-order chi connectivity index (χ1) is 22.0. The number of imidazole rings is 1. The van der Waals surface area contributed by atoms with Crippen molar-refractivity contribution in [2.75, 3.05) is 18.9 Å². The number of aromatic nitrogens is 4. The highest BCUT2D eigenvalue weighted by atomic mass is 35.5. The Kier molecular flexibility index (Phi) is 10.5. The lowest BCUT2D eigenvalue weighted by molar-refractivity contribution is -0.0468. The van der Waals surface area contributed by atoms with Crippen LogP contribution in [-0.2, 0) is 39.0 Å². The number of fused-ring (bicyclic) bond motifs is 1. The third-order valence-corrected chi connectivity index (χ3v) is 21.4. The number of nitrogen functional groups attached to an aromatic ring is 1. The molecule has 2 N–H and O–H groups in total. The van der Waals surface area contributed by atoms with Crippen LogP contribution in [0.15, 0.2) is 24.8 Å². The molecule has 2 aromatic heterocycles. The third kappa shape index (κ3) is 7.45. The fourth-order valence-electron chi connectivity index (χ4n) is 4.96. The molecule has 2 aliphatic rings. The maximum Gasteiger partial charge on any atom is 0.328 e. The molecule has 2 unspecified atom stereocenters. The van der Waals surface area contributed by atoms with Gasteiger partial charge in [0.15, 0.2) is 34.3 Å². The number of hydrogen-bond acceptors (Lipinski definition) is 11. The Morgan fingerprint density at radius 1 is 1.00 bits per heavy atom. The Hall–Kier alpha value is -1.44. The van der Waals surface area contributed by atoms with Crippen molar-refractivity contribution in [3.8, 4) is 0 Å². The molecule has 5 rings (SSSR count). The number of ether oxygens (including phenoxy) is 1. The van der Waals surface area contributed by atoms with E-state index in [1.165, 1.54) is 12.4 Å². The van der Waals surface area contributed by atoms with Crippen LogP contribution in [0.25, 0.3) is 11.2 Å². The van der Waals surface area contributed by atoms with Crippen molar-refractivity contribution in [3.05, 3.63) is 47.0 Å². The van der Waals surface area contributed by atoms with Crippen LogP contribution in [0.4, 0.5) is 14.6 Å². The molecule has 48 heavy (non-hydrogen) atoms. The lowest BCUT2D eigenvalue weighted by Crippen LogP contribution is -2.54. The fraction of sp³-hybridized carbons (Fsp3) is 0.633. The average molecular weight is 764 g/mol. The van der Waals surface area contributed by atoms with Gasteiger partial charge in [-0.05, 0) is 54.1 Å². The molecule has 18 heteroatoms. The lowest BCUT2D eigenvalue weighted by Gasteiger charge is -2.44. The number of halogens is 3. The van der Waals surface area contributed by atoms with Gasteiger partial charge in [-0.15, -0.1) is 0 Å². The summed E-state index contributed by atoms with van der Waals surface area (Å²) in [6.45, 7) is 18.1. The van der Waals surface area contributed by atoms with E-state index in [1.807, 2.05) is 0 Å². The Balaban J connectivity index is 1.50. The smallest absolute Gasteiger partial charge is 0.328 e. The molecule has 0 spiro atoms. The van der Waals surface area contributed by atoms with E-state index >= 15 is 0 Å². The van der Waals surface area contributed by atoms with Crippen molar-refractivity contribution < 1.29 is 35.9 Å². The van der Waals surface area contributed by atoms with Crippen LogP contribution in [0.3, 0.4) is 0 Å². The van der Waals surface area contributed by atoms with E-state index < -0.39 is 65.6 Å². The highest BCUT2D eigenvalue weighted by molar-refractivity contribution is 8.07. The SMILES string of the molecule is CC(C)(C)[Si](C)(C)O[C@@H]1[C@H](O[Si](C)(C)C(C)(C)C)[C@@H](COP2(=S)OCC(c3cc(Cl)c(F)cc3F)O2)O[C@H]1n1cnc2c(N)ncnc21. The Bertz CT molecular complexity index is 1730. The molecule has 4 heterocycles. The zero-order valence-corrected chi connectivity index (χ0v) is 33.4. The van der Waals surface area contributed by atoms with Crippen molar-refractivity contribution in [1.82, 2.24) is 19.5 Å². The molecule has 6 atom stereocenters. The molecule has 0 bridgehead atoms. The number of hydrogen-bond donors (Lipinski definition) is 1. The largest absolute Gasteiger partial charge is 0.408 e. The molecule has 266 valence electrons. The monoisotopic (exact) mass is 763 g/mol. The third-order valence-electron chi connectivity index (χ3n) is 9.84. The molecule has 0 radical (unpaired) electrons. The van der Waals surface area contributed by atoms with Gasteiger partial charge in [0.05, 0.1) is 24.6 Å². The second kappa shape index (κ2) is 13.3. The van der Waals surface area contributed by atoms with Gasteiger partial charge in [0.1, 0.15) is 47.9 Å². The van der Waals surface area contributed by atoms with Crippen LogP contribution in [0.1, 0.15) is 59.4 Å². The summed E-state index contributed by atoms with van der Waals surface area (Å²) in [6.07, 6.45) is -0.555. The Labute approximate surface area is 292 Å². The molecule has 0 amide bonds. The van der Waals surface area contributed by atoms with E-state index in [0.717, 1.165) is 0 Å². The molecule has 1 aromatic carbocycles. The molecular formula is C30H45ClF2N5O6PSSi2. The van der Waals surface area contributed by atoms with Crippen molar-refractivity contribution in [2.45, 2.75) is 108 Å². The molecule has 2 saturated heterocycles. The van der Waals surface area contributed by atoms with E-state index in [-0.39, 0.29) is 39.7 Å². The van der Waals surface area contributed by atoms with Crippen LogP contribution in [0.5, 0.6) is 0 Å². The van der Waals surface area contributed by atoms with Gasteiger partial charge in [0.2, 0.25) is 0 Å². The van der Waals surface area contributed by atoms with E-state index in [0.29, 0.717) is 17.2 Å². The number of nitrogens with zero attached hydrogens (tertiary/aromatic N) is 4. The summed E-state index contributed by atoms with van der Waals surface area (Å²) in [7, 11) is -4.87. The minimum atomic E-state index is -3.40. The van der Waals surface area contributed by atoms with E-state index in [1.54, 1.807) is 10.9 Å². The molecule has 3 aromatic rings. The predicted molar refractivity (Wildman–Crippen MR) is 189 cm³/mol. The molecule has 2 aliphatic heterocycles. The van der Waals surface area contributed by atoms with Gasteiger partial charge in [0, 0.05) is 11.6 Å². The van der Waals surface area contributed by atoms with Gasteiger partial charge in [-0.25, -0.2) is 23.7 Å². The normalized spacial score (nSPS) is 27.3. The minimum absolute atomic E-state index is 0.0316. The molecular weight excluding hydrogens is 719 g/mol. The summed E-state index contributed by atoms with van der Waals surface area (Å²) in [5, 5.41) is -0.509. The topological polar surface area (TPSA) is 125 Å². The summed E-state index contributed by atoms with van der Waals surface area (Å²) < 4.78 is 69.4. The highest BCUT2D eigenvalue weighted by Gasteiger charge is 2.55. The van der Waals surface area contributed by atoms with E-state index in [4.69, 9.17) is 56.3 Å². The van der Waals surface area contributed by atoms with Crippen molar-refractivity contribution in [3.63, 3.8) is 0 Å². The molecule has 0 aliphatic carbocycles. The maximum atomic E-state index is 14.7. The summed E-state index contributed by atoms with van der Waals surface area (Å²) in [4.78, 5) is 13.1. The van der Waals surface area contributed by atoms with Gasteiger partial charge in [0.25, 0.3) is 0 Å². The molecule has 2 fully saturated rings. The van der Waals surface area contributed by atoms with E-state index in [9.17, 15) is 8.78 Å². The summed E-state index contributed by atoms with van der Waals surface area (Å²) in [5.74, 6) is -1.45. The standard InChI is InChI=1S/C30H45ClF2N5O6PSSi2/c1-29(2,3)47(7,8)43-24-22(14-40-45(46)39-13-21(42-45)17-11-18(31)20(33)12-19(17)32)41-28(25(24)44-48(9,10)30(4,5)6)38-16-37-23-26(34)35-15-36-27(23)38/h11-12,15-16,21-22,24-25,28H,13-14H2,1-10H3,(H2,34,35,36)/t21?,22-,24-,25-,28-,45?/m1/s1. The van der Waals surface area contributed by atoms with Gasteiger partial charge >= 0.3 is 6.72 Å². The summed E-state index contributed by atoms with van der Waals surface area (Å²) in [6, 6.07) is 1.88. The van der Waals surface area contributed by atoms with Crippen LogP contribution in [0.2, 0.25) is 41.3 Å². The highest BCUT2D eigenvalue weighted by Crippen LogP contribution is 2.60. The quantitative estimate of drug-likeness (QED) is 0.129. The van der Waals surface area contributed by atoms with Crippen molar-refractivity contribution >= 4 is 63.7 Å². The maximum absolute atomic E-state index is 14.7. The van der Waals surface area contributed by atoms with Gasteiger partial charge in [-0.3, -0.25) is 9.09 Å². The second-order valence-electron chi connectivity index (χ2n) is 15.3. The number of rotatable bonds is 9. The van der Waals surface area contributed by atoms with Gasteiger partial charge in [-0.1, -0.05) is 53.1 Å². The summed E-state index contributed by atoms with van der Waals surface area (Å²) >= 11 is 11.6. The van der Waals surface area contributed by atoms with Crippen LogP contribution < -0.4 is 5.73 Å². The number of benzene rings is 1. The van der Waals surface area contributed by atoms with E-state index in [2.05, 4.69) is 82.7 Å². The van der Waals surface area contributed by atoms with Gasteiger partial charge in [-0.2, -0.15) is 0 Å². The molecule has 11 nitrogen and oxygen atoms in total. The van der Waals surface area contributed by atoms with Crippen molar-refractivity contribution in [2.24, 2.45) is 0 Å². The minimum Gasteiger partial charge on any atom is -0.408 e. The summed E-state index contributed by atoms with van der Waals surface area (Å²) in [5.41, 5.74) is 7.10. The Morgan fingerprint density at radius 2 is 1.62 bits per heavy atom. The zero-order chi connectivity index (χ0) is 35.6. The van der Waals surface area contributed by atoms with Crippen LogP contribution in [0, 0.1) is 11.6 Å². The number of anilines is 1. The zero-order valence-electron chi connectivity index (χ0n) is 28.9. The van der Waals surface area contributed by atoms with Gasteiger partial charge < -0.3 is 28.4 Å². The number of nitrogens with two attached hydrogens (primary N) is 1. The molecule has 0 saturated carbocycles. The first-order valence-electron chi connectivity index (χ1n) is 15.7. The first kappa shape index (κ1) is 37.8. The predicted octanol–water partition coefficient (Wildman–Crippen LogP) is 8.05. The second-order valence-corrected chi connectivity index (χ2v) is 28.1. The Morgan fingerprint density at radius 3 is 2.25 bits per heavy atom. The average Bonchev–Trinajstić information content (AvgIpc) is 3.65. The van der Waals surface area contributed by atoms with Crippen molar-refractivity contribution in [1.29, 1.82) is 0 Å². The van der Waals surface area contributed by atoms with Crippen LogP contribution in [-0.4, -0.2) is 67.7 Å².